The topological polar surface area (TPSA) is 60.7 Å². The van der Waals surface area contributed by atoms with Gasteiger partial charge in [0.1, 0.15) is 0 Å². The molecule has 5 atom stereocenters. The Kier molecular flexibility index (Phi) is 10.6. The van der Waals surface area contributed by atoms with Crippen molar-refractivity contribution in [3.63, 3.8) is 0 Å². The Morgan fingerprint density at radius 2 is 1.64 bits per heavy atom. The van der Waals surface area contributed by atoms with Gasteiger partial charge in [-0.15, -0.1) is 0 Å². The molecule has 3 saturated carbocycles. The van der Waals surface area contributed by atoms with Crippen molar-refractivity contribution >= 4 is 0 Å². The maximum Gasteiger partial charge on any atom is 0.430 e. The first-order chi connectivity index (χ1) is 19.2. The standard InChI is InChI=1S/C33H48F6O3/c1-21(31(42,32(34,35)36)33(37,38)39)13-14-24(10-7-19-29(3,4)41)26-17-18-27-25(11-8-20-30(26,27)5)16-15-23-9-6-12-28(40)22(23)2/h13,15-16,24,26-28,40-42H,2,6-12,14,17-20H2,1,3-5H3/b21-13+,23-15-,25-16+/t24-,26?,27?,28+,30-/m1/s1. The molecule has 0 aromatic heterocycles. The van der Waals surface area contributed by atoms with Crippen LogP contribution in [0.5, 0.6) is 0 Å². The quantitative estimate of drug-likeness (QED) is 0.181. The van der Waals surface area contributed by atoms with Gasteiger partial charge in [0.2, 0.25) is 0 Å². The van der Waals surface area contributed by atoms with Crippen molar-refractivity contribution in [2.24, 2.45) is 23.2 Å². The summed E-state index contributed by atoms with van der Waals surface area (Å²) in [6.45, 7) is 10.3. The van der Waals surface area contributed by atoms with E-state index in [2.05, 4.69) is 25.7 Å². The van der Waals surface area contributed by atoms with Crippen molar-refractivity contribution in [1.82, 2.24) is 0 Å². The van der Waals surface area contributed by atoms with Gasteiger partial charge in [-0.1, -0.05) is 43.7 Å². The summed E-state index contributed by atoms with van der Waals surface area (Å²) in [6, 6.07) is 0. The molecule has 0 aromatic rings. The van der Waals surface area contributed by atoms with Crippen molar-refractivity contribution in [2.45, 2.75) is 134 Å². The molecule has 9 heteroatoms. The molecule has 0 saturated heterocycles. The minimum absolute atomic E-state index is 0.0139. The SMILES string of the molecule is C=C1/C(=C\C=C2/CCC[C@@]3(C)C2CCC3[C@@H](C/C=C(\C)C(O)(C(F)(F)F)C(F)(F)F)CCCC(C)(C)O)CCC[C@@H]1O. The maximum absolute atomic E-state index is 13.5. The van der Waals surface area contributed by atoms with E-state index in [1.807, 2.05) is 0 Å². The molecule has 0 spiro atoms. The highest BCUT2D eigenvalue weighted by atomic mass is 19.4. The van der Waals surface area contributed by atoms with Gasteiger partial charge < -0.3 is 15.3 Å². The summed E-state index contributed by atoms with van der Waals surface area (Å²) in [5.41, 5.74) is -4.04. The molecular formula is C33H48F6O3. The van der Waals surface area contributed by atoms with Crippen LogP contribution in [-0.2, 0) is 0 Å². The Morgan fingerprint density at radius 3 is 2.24 bits per heavy atom. The van der Waals surface area contributed by atoms with Gasteiger partial charge in [-0.3, -0.25) is 0 Å². The van der Waals surface area contributed by atoms with E-state index in [1.165, 1.54) is 5.57 Å². The van der Waals surface area contributed by atoms with E-state index < -0.39 is 35.2 Å². The number of aliphatic hydroxyl groups is 3. The Labute approximate surface area is 246 Å². The number of aliphatic hydroxyl groups excluding tert-OH is 1. The molecule has 3 nitrogen and oxygen atoms in total. The lowest BCUT2D eigenvalue weighted by atomic mass is 9.60. The van der Waals surface area contributed by atoms with Crippen molar-refractivity contribution in [2.75, 3.05) is 0 Å². The van der Waals surface area contributed by atoms with Crippen molar-refractivity contribution in [3.05, 3.63) is 47.1 Å². The molecule has 0 radical (unpaired) electrons. The highest BCUT2D eigenvalue weighted by Gasteiger charge is 2.71. The van der Waals surface area contributed by atoms with Gasteiger partial charge in [-0.2, -0.15) is 26.3 Å². The normalized spacial score (nSPS) is 31.1. The Hall–Kier alpha value is -1.58. The van der Waals surface area contributed by atoms with Crippen molar-refractivity contribution < 1.29 is 41.7 Å². The predicted molar refractivity (Wildman–Crippen MR) is 152 cm³/mol. The molecule has 3 aliphatic rings. The van der Waals surface area contributed by atoms with Crippen LogP contribution in [0.4, 0.5) is 26.3 Å². The molecule has 3 fully saturated rings. The lowest BCUT2D eigenvalue weighted by Gasteiger charge is -2.45. The van der Waals surface area contributed by atoms with E-state index >= 15 is 0 Å². The first-order valence-electron chi connectivity index (χ1n) is 15.2. The highest BCUT2D eigenvalue weighted by Crippen LogP contribution is 2.60. The molecule has 3 aliphatic carbocycles. The van der Waals surface area contributed by atoms with Crippen LogP contribution in [0.3, 0.4) is 0 Å². The molecule has 0 aliphatic heterocycles. The van der Waals surface area contributed by atoms with E-state index in [4.69, 9.17) is 0 Å². The molecular weight excluding hydrogens is 558 g/mol. The molecule has 3 rings (SSSR count). The number of allylic oxidation sites excluding steroid dienone is 4. The summed E-state index contributed by atoms with van der Waals surface area (Å²) in [7, 11) is 0. The second-order valence-electron chi connectivity index (χ2n) is 13.8. The van der Waals surface area contributed by atoms with E-state index in [-0.39, 0.29) is 29.6 Å². The van der Waals surface area contributed by atoms with E-state index in [0.29, 0.717) is 32.6 Å². The zero-order chi connectivity index (χ0) is 31.7. The second-order valence-corrected chi connectivity index (χ2v) is 13.8. The van der Waals surface area contributed by atoms with Crippen molar-refractivity contribution in [1.29, 1.82) is 0 Å². The third-order valence-electron chi connectivity index (χ3n) is 10.3. The van der Waals surface area contributed by atoms with Gasteiger partial charge >= 0.3 is 12.4 Å². The second kappa shape index (κ2) is 12.8. The van der Waals surface area contributed by atoms with Gasteiger partial charge in [-0.25, -0.2) is 0 Å². The summed E-state index contributed by atoms with van der Waals surface area (Å²) in [6.07, 6.45) is 1.38. The number of alkyl halides is 6. The fourth-order valence-electron chi connectivity index (χ4n) is 7.85. The summed E-state index contributed by atoms with van der Waals surface area (Å²) < 4.78 is 81.1. The number of fused-ring (bicyclic) bond motifs is 1. The molecule has 3 N–H and O–H groups in total. The van der Waals surface area contributed by atoms with E-state index in [9.17, 15) is 41.7 Å². The predicted octanol–water partition coefficient (Wildman–Crippen LogP) is 8.91. The largest absolute Gasteiger partial charge is 0.430 e. The summed E-state index contributed by atoms with van der Waals surface area (Å²) >= 11 is 0. The summed E-state index contributed by atoms with van der Waals surface area (Å²) in [4.78, 5) is 0. The zero-order valence-corrected chi connectivity index (χ0v) is 25.3. The minimum atomic E-state index is -5.90. The first-order valence-corrected chi connectivity index (χ1v) is 15.2. The Morgan fingerprint density at radius 1 is 1.00 bits per heavy atom. The Bertz CT molecular complexity index is 1050. The summed E-state index contributed by atoms with van der Waals surface area (Å²) in [5.74, 6) is 0.119. The third kappa shape index (κ3) is 7.37. The Balaban J connectivity index is 1.91. The van der Waals surface area contributed by atoms with Crippen LogP contribution in [0.15, 0.2) is 47.1 Å². The van der Waals surface area contributed by atoms with Gasteiger partial charge in [0.05, 0.1) is 11.7 Å². The fraction of sp³-hybridized carbons (Fsp3) is 0.758. The fourth-order valence-corrected chi connectivity index (χ4v) is 7.85. The first kappa shape index (κ1) is 34.9. The van der Waals surface area contributed by atoms with E-state index in [1.54, 1.807) is 13.8 Å². The molecule has 0 amide bonds. The van der Waals surface area contributed by atoms with Crippen molar-refractivity contribution in [3.8, 4) is 0 Å². The van der Waals surface area contributed by atoms with Crippen LogP contribution in [0.25, 0.3) is 0 Å². The van der Waals surface area contributed by atoms with Gasteiger partial charge in [0.25, 0.3) is 5.60 Å². The van der Waals surface area contributed by atoms with Crippen LogP contribution in [0, 0.1) is 23.2 Å². The number of hydrogen-bond acceptors (Lipinski definition) is 3. The van der Waals surface area contributed by atoms with Crippen LogP contribution in [-0.4, -0.2) is 45.0 Å². The van der Waals surface area contributed by atoms with Gasteiger partial charge in [-0.05, 0) is 131 Å². The molecule has 0 aromatic carbocycles. The molecule has 0 heterocycles. The molecule has 240 valence electrons. The van der Waals surface area contributed by atoms with Crippen LogP contribution in [0.2, 0.25) is 0 Å². The smallest absolute Gasteiger partial charge is 0.390 e. The third-order valence-corrected chi connectivity index (χ3v) is 10.3. The monoisotopic (exact) mass is 606 g/mol. The molecule has 0 bridgehead atoms. The lowest BCUT2D eigenvalue weighted by molar-refractivity contribution is -0.352. The highest BCUT2D eigenvalue weighted by molar-refractivity contribution is 5.38. The lowest BCUT2D eigenvalue weighted by Crippen LogP contribution is -2.57. The average molecular weight is 607 g/mol. The zero-order valence-electron chi connectivity index (χ0n) is 25.3. The number of hydrogen-bond donors (Lipinski definition) is 3. The number of rotatable bonds is 9. The number of halogens is 6. The van der Waals surface area contributed by atoms with Crippen LogP contribution in [0.1, 0.15) is 105 Å². The minimum Gasteiger partial charge on any atom is -0.390 e. The molecule has 2 unspecified atom stereocenters. The van der Waals surface area contributed by atoms with Crippen LogP contribution < -0.4 is 0 Å². The van der Waals surface area contributed by atoms with Gasteiger partial charge in [0, 0.05) is 0 Å². The van der Waals surface area contributed by atoms with Crippen LogP contribution >= 0.6 is 0 Å². The van der Waals surface area contributed by atoms with Gasteiger partial charge in [0.15, 0.2) is 0 Å². The maximum atomic E-state index is 13.5. The average Bonchev–Trinajstić information content (AvgIpc) is 3.21. The van der Waals surface area contributed by atoms with E-state index in [0.717, 1.165) is 62.2 Å². The summed E-state index contributed by atoms with van der Waals surface area (Å²) in [5, 5.41) is 30.3. The molecule has 42 heavy (non-hydrogen) atoms.